The normalized spacial score (nSPS) is 10.6. The summed E-state index contributed by atoms with van der Waals surface area (Å²) in [6.07, 6.45) is 7.89. The first-order valence-electron chi connectivity index (χ1n) is 7.81. The van der Waals surface area contributed by atoms with Crippen LogP contribution in [0.2, 0.25) is 0 Å². The molecule has 1 aromatic heterocycles. The Morgan fingerprint density at radius 3 is 2.62 bits per heavy atom. The van der Waals surface area contributed by atoms with Gasteiger partial charge in [-0.25, -0.2) is 4.98 Å². The van der Waals surface area contributed by atoms with E-state index >= 15 is 0 Å². The third-order valence-corrected chi connectivity index (χ3v) is 3.45. The lowest BCUT2D eigenvalue weighted by Gasteiger charge is -2.22. The van der Waals surface area contributed by atoms with E-state index in [0.717, 1.165) is 12.8 Å². The summed E-state index contributed by atoms with van der Waals surface area (Å²) in [4.78, 5) is 18.3. The first-order valence-corrected chi connectivity index (χ1v) is 7.81. The van der Waals surface area contributed by atoms with Gasteiger partial charge in [-0.2, -0.15) is 0 Å². The molecular formula is C16H27N3O2. The van der Waals surface area contributed by atoms with Crippen LogP contribution >= 0.6 is 0 Å². The molecule has 0 aliphatic carbocycles. The molecule has 0 saturated heterocycles. The maximum absolute atomic E-state index is 12.5. The van der Waals surface area contributed by atoms with Crippen molar-refractivity contribution in [1.82, 2.24) is 9.88 Å². The molecule has 1 amide bonds. The quantitative estimate of drug-likeness (QED) is 0.649. The number of amides is 1. The van der Waals surface area contributed by atoms with Gasteiger partial charge in [0.15, 0.2) is 5.69 Å². The molecule has 0 aliphatic rings. The number of nitrogens with two attached hydrogens (primary N) is 1. The van der Waals surface area contributed by atoms with E-state index < -0.39 is 0 Å². The van der Waals surface area contributed by atoms with Crippen LogP contribution in [0.15, 0.2) is 18.3 Å². The van der Waals surface area contributed by atoms with E-state index in [1.807, 2.05) is 0 Å². The monoisotopic (exact) mass is 293 g/mol. The van der Waals surface area contributed by atoms with Crippen molar-refractivity contribution in [3.63, 3.8) is 0 Å². The molecule has 1 aromatic rings. The van der Waals surface area contributed by atoms with Crippen molar-refractivity contribution in [3.05, 3.63) is 24.0 Å². The molecule has 1 heterocycles. The summed E-state index contributed by atoms with van der Waals surface area (Å²) < 4.78 is 0. The standard InChI is InChI=1S/C16H27N3O2/c1-2-3-4-5-6-11-19(12-8-13-20)16(21)15-14(17)9-7-10-18-15/h7,9-10,20H,2-6,8,11-13,17H2,1H3. The highest BCUT2D eigenvalue weighted by Gasteiger charge is 2.18. The number of rotatable bonds is 10. The van der Waals surface area contributed by atoms with Gasteiger partial charge >= 0.3 is 0 Å². The van der Waals surface area contributed by atoms with Crippen LogP contribution in [-0.4, -0.2) is 40.6 Å². The maximum atomic E-state index is 12.5. The number of unbranched alkanes of at least 4 members (excludes halogenated alkanes) is 4. The Kier molecular flexibility index (Phi) is 8.43. The molecule has 0 saturated carbocycles. The molecule has 21 heavy (non-hydrogen) atoms. The van der Waals surface area contributed by atoms with Gasteiger partial charge in [-0.3, -0.25) is 4.79 Å². The van der Waals surface area contributed by atoms with Gasteiger partial charge in [-0.1, -0.05) is 32.6 Å². The third-order valence-electron chi connectivity index (χ3n) is 3.45. The van der Waals surface area contributed by atoms with Gasteiger partial charge in [0.2, 0.25) is 0 Å². The van der Waals surface area contributed by atoms with Crippen LogP contribution in [-0.2, 0) is 0 Å². The lowest BCUT2D eigenvalue weighted by molar-refractivity contribution is 0.0737. The number of carbonyl (C=O) groups is 1. The topological polar surface area (TPSA) is 79.5 Å². The fraction of sp³-hybridized carbons (Fsp3) is 0.625. The zero-order chi connectivity index (χ0) is 15.5. The van der Waals surface area contributed by atoms with Crippen molar-refractivity contribution in [3.8, 4) is 0 Å². The van der Waals surface area contributed by atoms with E-state index in [0.29, 0.717) is 30.9 Å². The highest BCUT2D eigenvalue weighted by atomic mass is 16.3. The minimum Gasteiger partial charge on any atom is -0.397 e. The van der Waals surface area contributed by atoms with E-state index in [9.17, 15) is 4.79 Å². The van der Waals surface area contributed by atoms with E-state index in [2.05, 4.69) is 11.9 Å². The molecule has 3 N–H and O–H groups in total. The van der Waals surface area contributed by atoms with Crippen molar-refractivity contribution in [2.75, 3.05) is 25.4 Å². The van der Waals surface area contributed by atoms with Gasteiger partial charge in [0, 0.05) is 25.9 Å². The van der Waals surface area contributed by atoms with Gasteiger partial charge in [0.25, 0.3) is 5.91 Å². The van der Waals surface area contributed by atoms with Gasteiger partial charge in [-0.05, 0) is 25.0 Å². The number of pyridine rings is 1. The lowest BCUT2D eigenvalue weighted by Crippen LogP contribution is -2.34. The first kappa shape index (κ1) is 17.4. The summed E-state index contributed by atoms with van der Waals surface area (Å²) in [6.45, 7) is 3.50. The second kappa shape index (κ2) is 10.2. The Hall–Kier alpha value is -1.62. The predicted octanol–water partition coefficient (Wildman–Crippen LogP) is 2.46. The number of aliphatic hydroxyl groups is 1. The Morgan fingerprint density at radius 1 is 1.24 bits per heavy atom. The molecular weight excluding hydrogens is 266 g/mol. The lowest BCUT2D eigenvalue weighted by atomic mass is 10.1. The highest BCUT2D eigenvalue weighted by molar-refractivity contribution is 5.97. The molecule has 5 heteroatoms. The van der Waals surface area contributed by atoms with Crippen LogP contribution < -0.4 is 5.73 Å². The molecule has 0 radical (unpaired) electrons. The van der Waals surface area contributed by atoms with E-state index in [1.165, 1.54) is 19.3 Å². The van der Waals surface area contributed by atoms with Crippen molar-refractivity contribution in [1.29, 1.82) is 0 Å². The Morgan fingerprint density at radius 2 is 1.95 bits per heavy atom. The summed E-state index contributed by atoms with van der Waals surface area (Å²) in [7, 11) is 0. The fourth-order valence-electron chi connectivity index (χ4n) is 2.23. The van der Waals surface area contributed by atoms with Crippen LogP contribution in [0.4, 0.5) is 5.69 Å². The number of hydrogen-bond acceptors (Lipinski definition) is 4. The molecule has 0 atom stereocenters. The van der Waals surface area contributed by atoms with E-state index in [4.69, 9.17) is 10.8 Å². The number of carbonyl (C=O) groups excluding carboxylic acids is 1. The Labute approximate surface area is 127 Å². The number of nitrogens with zero attached hydrogens (tertiary/aromatic N) is 2. The maximum Gasteiger partial charge on any atom is 0.274 e. The van der Waals surface area contributed by atoms with Crippen LogP contribution in [0, 0.1) is 0 Å². The number of hydrogen-bond donors (Lipinski definition) is 2. The summed E-state index contributed by atoms with van der Waals surface area (Å²) in [5.74, 6) is -0.142. The summed E-state index contributed by atoms with van der Waals surface area (Å²) in [5.41, 5.74) is 6.54. The summed E-state index contributed by atoms with van der Waals surface area (Å²) in [6, 6.07) is 3.40. The minimum absolute atomic E-state index is 0.0807. The molecule has 0 fully saturated rings. The zero-order valence-corrected chi connectivity index (χ0v) is 12.9. The molecule has 5 nitrogen and oxygen atoms in total. The average Bonchev–Trinajstić information content (AvgIpc) is 2.50. The minimum atomic E-state index is -0.142. The SMILES string of the molecule is CCCCCCCN(CCCO)C(=O)c1ncccc1N. The molecule has 0 bridgehead atoms. The number of nitrogen functional groups attached to an aromatic ring is 1. The van der Waals surface area contributed by atoms with Crippen LogP contribution in [0.1, 0.15) is 55.9 Å². The summed E-state index contributed by atoms with van der Waals surface area (Å²) >= 11 is 0. The average molecular weight is 293 g/mol. The smallest absolute Gasteiger partial charge is 0.274 e. The molecule has 0 unspecified atom stereocenters. The van der Waals surface area contributed by atoms with Crippen molar-refractivity contribution in [2.45, 2.75) is 45.4 Å². The van der Waals surface area contributed by atoms with Gasteiger partial charge in [0.1, 0.15) is 0 Å². The number of aromatic nitrogens is 1. The second-order valence-corrected chi connectivity index (χ2v) is 5.22. The second-order valence-electron chi connectivity index (χ2n) is 5.22. The van der Waals surface area contributed by atoms with Crippen LogP contribution in [0.5, 0.6) is 0 Å². The van der Waals surface area contributed by atoms with Gasteiger partial charge < -0.3 is 15.7 Å². The highest BCUT2D eigenvalue weighted by Crippen LogP contribution is 2.12. The molecule has 118 valence electrons. The van der Waals surface area contributed by atoms with Crippen molar-refractivity contribution >= 4 is 11.6 Å². The Balaban J connectivity index is 2.59. The summed E-state index contributed by atoms with van der Waals surface area (Å²) in [5, 5.41) is 8.99. The third kappa shape index (κ3) is 6.12. The zero-order valence-electron chi connectivity index (χ0n) is 12.9. The van der Waals surface area contributed by atoms with E-state index in [1.54, 1.807) is 23.2 Å². The van der Waals surface area contributed by atoms with Crippen LogP contribution in [0.25, 0.3) is 0 Å². The molecule has 0 aliphatic heterocycles. The van der Waals surface area contributed by atoms with E-state index in [-0.39, 0.29) is 12.5 Å². The molecule has 1 rings (SSSR count). The fourth-order valence-corrected chi connectivity index (χ4v) is 2.23. The molecule has 0 spiro atoms. The number of aliphatic hydroxyl groups excluding tert-OH is 1. The largest absolute Gasteiger partial charge is 0.397 e. The van der Waals surface area contributed by atoms with Crippen molar-refractivity contribution in [2.24, 2.45) is 0 Å². The van der Waals surface area contributed by atoms with Crippen LogP contribution in [0.3, 0.4) is 0 Å². The van der Waals surface area contributed by atoms with Crippen molar-refractivity contribution < 1.29 is 9.90 Å². The Bertz CT molecular complexity index is 424. The predicted molar refractivity (Wildman–Crippen MR) is 85.0 cm³/mol. The van der Waals surface area contributed by atoms with Gasteiger partial charge in [-0.15, -0.1) is 0 Å². The molecule has 0 aromatic carbocycles. The number of anilines is 1. The van der Waals surface area contributed by atoms with Gasteiger partial charge in [0.05, 0.1) is 5.69 Å². The first-order chi connectivity index (χ1) is 10.2.